The first-order valence-electron chi connectivity index (χ1n) is 5.50. The van der Waals surface area contributed by atoms with Crippen LogP contribution in [0.2, 0.25) is 0 Å². The summed E-state index contributed by atoms with van der Waals surface area (Å²) in [5.74, 6) is 0. The van der Waals surface area contributed by atoms with Crippen LogP contribution in [0.15, 0.2) is 15.8 Å². The number of H-pyrrole nitrogens is 1. The molecule has 6 nitrogen and oxygen atoms in total. The van der Waals surface area contributed by atoms with Crippen molar-refractivity contribution in [3.05, 3.63) is 32.6 Å². The van der Waals surface area contributed by atoms with Crippen molar-refractivity contribution >= 4 is 0 Å². The lowest BCUT2D eigenvalue weighted by Crippen LogP contribution is -2.36. The third-order valence-corrected chi connectivity index (χ3v) is 3.03. The van der Waals surface area contributed by atoms with Gasteiger partial charge in [0.25, 0.3) is 5.56 Å². The smallest absolute Gasteiger partial charge is 0.328 e. The number of aromatic nitrogens is 2. The number of rotatable bonds is 2. The lowest BCUT2D eigenvalue weighted by molar-refractivity contribution is 0.0716. The molecule has 17 heavy (non-hydrogen) atoms. The van der Waals surface area contributed by atoms with Crippen molar-refractivity contribution in [2.24, 2.45) is 0 Å². The molecule has 0 amide bonds. The standard InChI is InChI=1S/C11H13N3O3/c1-7(9-3-2-4-17-9)14-6-8(5-12)10(15)13-11(14)16/h6-7,9H,2-4H2,1H3,(H,13,15,16). The second kappa shape index (κ2) is 4.55. The molecule has 0 spiro atoms. The van der Waals surface area contributed by atoms with Gasteiger partial charge in [-0.3, -0.25) is 14.3 Å². The van der Waals surface area contributed by atoms with Crippen molar-refractivity contribution in [1.82, 2.24) is 9.55 Å². The fourth-order valence-corrected chi connectivity index (χ4v) is 2.03. The Kier molecular flexibility index (Phi) is 3.11. The minimum Gasteiger partial charge on any atom is -0.376 e. The van der Waals surface area contributed by atoms with Crippen molar-refractivity contribution in [3.63, 3.8) is 0 Å². The molecule has 1 fully saturated rings. The van der Waals surface area contributed by atoms with Crippen LogP contribution in [-0.4, -0.2) is 22.3 Å². The molecule has 1 saturated heterocycles. The van der Waals surface area contributed by atoms with Crippen molar-refractivity contribution in [2.45, 2.75) is 31.9 Å². The van der Waals surface area contributed by atoms with E-state index in [1.54, 1.807) is 6.07 Å². The lowest BCUT2D eigenvalue weighted by Gasteiger charge is -2.20. The van der Waals surface area contributed by atoms with Gasteiger partial charge in [0, 0.05) is 12.8 Å². The quantitative estimate of drug-likeness (QED) is 0.790. The number of hydrogen-bond acceptors (Lipinski definition) is 4. The second-order valence-electron chi connectivity index (χ2n) is 4.11. The van der Waals surface area contributed by atoms with Gasteiger partial charge in [0.05, 0.1) is 12.1 Å². The van der Waals surface area contributed by atoms with E-state index in [9.17, 15) is 9.59 Å². The molecule has 0 aromatic carbocycles. The molecule has 2 heterocycles. The molecular weight excluding hydrogens is 222 g/mol. The number of ether oxygens (including phenoxy) is 1. The van der Waals surface area contributed by atoms with Crippen molar-refractivity contribution < 1.29 is 4.74 Å². The number of hydrogen-bond donors (Lipinski definition) is 1. The van der Waals surface area contributed by atoms with Gasteiger partial charge in [-0.05, 0) is 19.8 Å². The van der Waals surface area contributed by atoms with Crippen LogP contribution in [-0.2, 0) is 4.74 Å². The van der Waals surface area contributed by atoms with Crippen LogP contribution in [0.4, 0.5) is 0 Å². The van der Waals surface area contributed by atoms with E-state index in [0.29, 0.717) is 6.61 Å². The van der Waals surface area contributed by atoms with Gasteiger partial charge in [-0.1, -0.05) is 0 Å². The molecule has 1 N–H and O–H groups in total. The maximum absolute atomic E-state index is 11.6. The molecule has 1 aromatic rings. The van der Waals surface area contributed by atoms with E-state index in [1.807, 2.05) is 6.92 Å². The predicted octanol–water partition coefficient (Wildman–Crippen LogP) is 0.148. The van der Waals surface area contributed by atoms with Gasteiger partial charge < -0.3 is 4.74 Å². The molecule has 0 bridgehead atoms. The Morgan fingerprint density at radius 2 is 2.41 bits per heavy atom. The summed E-state index contributed by atoms with van der Waals surface area (Å²) in [5, 5.41) is 8.76. The Labute approximate surface area is 97.5 Å². The van der Waals surface area contributed by atoms with Crippen molar-refractivity contribution in [3.8, 4) is 6.07 Å². The molecule has 1 aliphatic rings. The molecule has 2 rings (SSSR count). The summed E-state index contributed by atoms with van der Waals surface area (Å²) in [6.45, 7) is 2.54. The van der Waals surface area contributed by atoms with E-state index in [-0.39, 0.29) is 17.7 Å². The summed E-state index contributed by atoms with van der Waals surface area (Å²) in [6, 6.07) is 1.58. The van der Waals surface area contributed by atoms with Gasteiger partial charge in [0.1, 0.15) is 11.6 Å². The third-order valence-electron chi connectivity index (χ3n) is 3.03. The fourth-order valence-electron chi connectivity index (χ4n) is 2.03. The van der Waals surface area contributed by atoms with E-state index in [0.717, 1.165) is 12.8 Å². The Balaban J connectivity index is 2.41. The Morgan fingerprint density at radius 3 is 3.00 bits per heavy atom. The molecule has 1 aromatic heterocycles. The van der Waals surface area contributed by atoms with Crippen LogP contribution in [0, 0.1) is 11.3 Å². The van der Waals surface area contributed by atoms with E-state index in [2.05, 4.69) is 4.98 Å². The van der Waals surface area contributed by atoms with E-state index < -0.39 is 11.2 Å². The van der Waals surface area contributed by atoms with Gasteiger partial charge >= 0.3 is 5.69 Å². The highest BCUT2D eigenvalue weighted by Crippen LogP contribution is 2.22. The van der Waals surface area contributed by atoms with Crippen LogP contribution < -0.4 is 11.2 Å². The van der Waals surface area contributed by atoms with Crippen molar-refractivity contribution in [2.75, 3.05) is 6.61 Å². The minimum atomic E-state index is -0.645. The SMILES string of the molecule is CC(C1CCCO1)n1cc(C#N)c(=O)[nH]c1=O. The Morgan fingerprint density at radius 1 is 1.65 bits per heavy atom. The monoisotopic (exact) mass is 235 g/mol. The Bertz CT molecular complexity index is 561. The zero-order chi connectivity index (χ0) is 12.4. The molecule has 0 saturated carbocycles. The van der Waals surface area contributed by atoms with Gasteiger partial charge in [-0.15, -0.1) is 0 Å². The summed E-state index contributed by atoms with van der Waals surface area (Å²) in [4.78, 5) is 25.0. The minimum absolute atomic E-state index is 0.0369. The van der Waals surface area contributed by atoms with Crippen LogP contribution in [0.3, 0.4) is 0 Å². The maximum Gasteiger partial charge on any atom is 0.328 e. The highest BCUT2D eigenvalue weighted by molar-refractivity contribution is 5.21. The van der Waals surface area contributed by atoms with Crippen LogP contribution in [0.25, 0.3) is 0 Å². The molecule has 1 aliphatic heterocycles. The number of aromatic amines is 1. The summed E-state index contributed by atoms with van der Waals surface area (Å²) in [7, 11) is 0. The predicted molar refractivity (Wildman–Crippen MR) is 59.7 cm³/mol. The van der Waals surface area contributed by atoms with Crippen LogP contribution in [0.5, 0.6) is 0 Å². The first-order chi connectivity index (χ1) is 8.13. The Hall–Kier alpha value is -1.87. The van der Waals surface area contributed by atoms with Crippen LogP contribution >= 0.6 is 0 Å². The van der Waals surface area contributed by atoms with E-state index in [1.165, 1.54) is 10.8 Å². The van der Waals surface area contributed by atoms with E-state index in [4.69, 9.17) is 10.00 Å². The molecule has 6 heteroatoms. The molecule has 0 radical (unpaired) electrons. The number of nitrogens with one attached hydrogen (secondary N) is 1. The van der Waals surface area contributed by atoms with Gasteiger partial charge in [0.2, 0.25) is 0 Å². The molecule has 2 atom stereocenters. The summed E-state index contributed by atoms with van der Waals surface area (Å²) < 4.78 is 6.85. The summed E-state index contributed by atoms with van der Waals surface area (Å²) in [5.41, 5.74) is -1.21. The van der Waals surface area contributed by atoms with E-state index >= 15 is 0 Å². The molecule has 0 aliphatic carbocycles. The van der Waals surface area contributed by atoms with Crippen molar-refractivity contribution in [1.29, 1.82) is 5.26 Å². The average molecular weight is 235 g/mol. The lowest BCUT2D eigenvalue weighted by atomic mass is 10.1. The first kappa shape index (κ1) is 11.6. The topological polar surface area (TPSA) is 87.9 Å². The van der Waals surface area contributed by atoms with Crippen LogP contribution in [0.1, 0.15) is 31.4 Å². The largest absolute Gasteiger partial charge is 0.376 e. The number of nitriles is 1. The fraction of sp³-hybridized carbons (Fsp3) is 0.545. The zero-order valence-electron chi connectivity index (χ0n) is 9.47. The third kappa shape index (κ3) is 2.15. The number of nitrogens with zero attached hydrogens (tertiary/aromatic N) is 2. The maximum atomic E-state index is 11.6. The molecular formula is C11H13N3O3. The summed E-state index contributed by atoms with van der Waals surface area (Å²) >= 11 is 0. The zero-order valence-corrected chi connectivity index (χ0v) is 9.47. The second-order valence-corrected chi connectivity index (χ2v) is 4.11. The molecule has 90 valence electrons. The van der Waals surface area contributed by atoms with Gasteiger partial charge in [0.15, 0.2) is 0 Å². The van der Waals surface area contributed by atoms with Gasteiger partial charge in [-0.2, -0.15) is 5.26 Å². The highest BCUT2D eigenvalue weighted by Gasteiger charge is 2.24. The summed E-state index contributed by atoms with van der Waals surface area (Å²) in [6.07, 6.45) is 3.12. The van der Waals surface area contributed by atoms with Gasteiger partial charge in [-0.25, -0.2) is 4.79 Å². The normalized spacial score (nSPS) is 21.1. The molecule has 2 unspecified atom stereocenters. The highest BCUT2D eigenvalue weighted by atomic mass is 16.5. The average Bonchev–Trinajstić information content (AvgIpc) is 2.82. The first-order valence-corrected chi connectivity index (χ1v) is 5.50.